The fourth-order valence-electron chi connectivity index (χ4n) is 1.19. The third kappa shape index (κ3) is 1.72. The Morgan fingerprint density at radius 1 is 1.43 bits per heavy atom. The van der Waals surface area contributed by atoms with Gasteiger partial charge in [-0.1, -0.05) is 0 Å². The van der Waals surface area contributed by atoms with Crippen molar-refractivity contribution in [2.24, 2.45) is 4.36 Å². The molecule has 2 rings (SSSR count). The van der Waals surface area contributed by atoms with Gasteiger partial charge in [-0.25, -0.2) is 9.35 Å². The topological polar surface area (TPSA) is 64.2 Å². The van der Waals surface area contributed by atoms with Crippen LogP contribution < -0.4 is 5.73 Å². The van der Waals surface area contributed by atoms with Crippen molar-refractivity contribution in [1.29, 1.82) is 0 Å². The lowest BCUT2D eigenvalue weighted by molar-refractivity contribution is 1.15. The van der Waals surface area contributed by atoms with E-state index in [1.54, 1.807) is 12.4 Å². The van der Waals surface area contributed by atoms with Gasteiger partial charge in [0.05, 0.1) is 24.6 Å². The van der Waals surface area contributed by atoms with E-state index in [-0.39, 0.29) is 9.12 Å². The highest BCUT2D eigenvalue weighted by molar-refractivity contribution is 9.47. The second-order valence-corrected chi connectivity index (χ2v) is 6.07. The number of nitrogens with two attached hydrogens (primary N) is 1. The molecule has 1 unspecified atom stereocenters. The van der Waals surface area contributed by atoms with Gasteiger partial charge in [0, 0.05) is 25.3 Å². The molecule has 2 heterocycles. The van der Waals surface area contributed by atoms with Crippen LogP contribution in [0.25, 0.3) is 5.57 Å². The van der Waals surface area contributed by atoms with E-state index >= 15 is 0 Å². The summed E-state index contributed by atoms with van der Waals surface area (Å²) in [5.41, 5.74) is 7.49. The SMILES string of the molecule is CC1=C(c2cnc(N)cn2)CN=S1Br. The summed E-state index contributed by atoms with van der Waals surface area (Å²) in [5, 5.41) is 0. The molecule has 1 aliphatic rings. The van der Waals surface area contributed by atoms with E-state index in [4.69, 9.17) is 5.73 Å². The number of halogens is 1. The molecule has 14 heavy (non-hydrogen) atoms. The molecule has 1 aromatic heterocycles. The molecule has 1 aromatic rings. The van der Waals surface area contributed by atoms with Crippen molar-refractivity contribution in [2.45, 2.75) is 6.92 Å². The first-order valence-corrected chi connectivity index (χ1v) is 7.06. The monoisotopic (exact) mass is 272 g/mol. The largest absolute Gasteiger partial charge is 0.382 e. The molecule has 4 nitrogen and oxygen atoms in total. The van der Waals surface area contributed by atoms with E-state index in [2.05, 4.69) is 36.1 Å². The number of nitrogen functional groups attached to an aromatic ring is 1. The summed E-state index contributed by atoms with van der Waals surface area (Å²) in [6, 6.07) is 0. The van der Waals surface area contributed by atoms with Crippen LogP contribution in [-0.4, -0.2) is 16.5 Å². The lowest BCUT2D eigenvalue weighted by Crippen LogP contribution is -1.97. The van der Waals surface area contributed by atoms with Gasteiger partial charge >= 0.3 is 0 Å². The molecule has 0 radical (unpaired) electrons. The Bertz CT molecular complexity index is 423. The Hall–Kier alpha value is -0.750. The minimum atomic E-state index is -0.135. The average molecular weight is 273 g/mol. The second-order valence-electron chi connectivity index (χ2n) is 2.89. The first-order chi connectivity index (χ1) is 6.68. The lowest BCUT2D eigenvalue weighted by Gasteiger charge is -2.01. The van der Waals surface area contributed by atoms with E-state index in [1.807, 2.05) is 0 Å². The van der Waals surface area contributed by atoms with Crippen LogP contribution >= 0.6 is 14.8 Å². The maximum absolute atomic E-state index is 5.47. The molecule has 1 atom stereocenters. The van der Waals surface area contributed by atoms with Crippen LogP contribution in [0.4, 0.5) is 5.82 Å². The summed E-state index contributed by atoms with van der Waals surface area (Å²) in [7, 11) is -0.135. The van der Waals surface area contributed by atoms with Crippen LogP contribution in [0.15, 0.2) is 21.7 Å². The molecule has 0 aromatic carbocycles. The van der Waals surface area contributed by atoms with Crippen LogP contribution in [0.2, 0.25) is 0 Å². The van der Waals surface area contributed by atoms with Gasteiger partial charge in [0.25, 0.3) is 0 Å². The molecule has 0 saturated heterocycles. The average Bonchev–Trinajstić information content (AvgIpc) is 2.50. The van der Waals surface area contributed by atoms with Crippen LogP contribution in [0.1, 0.15) is 12.6 Å². The second kappa shape index (κ2) is 3.78. The van der Waals surface area contributed by atoms with Gasteiger partial charge < -0.3 is 5.73 Å². The fraction of sp³-hybridized carbons (Fsp3) is 0.250. The maximum atomic E-state index is 5.47. The summed E-state index contributed by atoms with van der Waals surface area (Å²) in [6.45, 7) is 2.76. The summed E-state index contributed by atoms with van der Waals surface area (Å²) < 4.78 is 4.37. The Kier molecular flexibility index (Phi) is 2.64. The summed E-state index contributed by atoms with van der Waals surface area (Å²) in [5.74, 6) is 0.444. The van der Waals surface area contributed by atoms with Crippen molar-refractivity contribution in [1.82, 2.24) is 9.97 Å². The predicted octanol–water partition coefficient (Wildman–Crippen LogP) is 1.92. The molecule has 0 bridgehead atoms. The molecule has 6 heteroatoms. The Morgan fingerprint density at radius 2 is 2.21 bits per heavy atom. The van der Waals surface area contributed by atoms with Crippen LogP contribution in [0.3, 0.4) is 0 Å². The number of hydrogen-bond donors (Lipinski definition) is 1. The van der Waals surface area contributed by atoms with Gasteiger partial charge in [0.15, 0.2) is 0 Å². The van der Waals surface area contributed by atoms with Crippen molar-refractivity contribution < 1.29 is 0 Å². The highest BCUT2D eigenvalue weighted by Crippen LogP contribution is 2.29. The number of nitrogens with zero attached hydrogens (tertiary/aromatic N) is 3. The minimum Gasteiger partial charge on any atom is -0.382 e. The first kappa shape index (κ1) is 9.79. The summed E-state index contributed by atoms with van der Waals surface area (Å²) in [6.07, 6.45) is 3.26. The number of allylic oxidation sites excluding steroid dienone is 1. The van der Waals surface area contributed by atoms with E-state index in [0.29, 0.717) is 12.4 Å². The first-order valence-electron chi connectivity index (χ1n) is 4.04. The van der Waals surface area contributed by atoms with Crippen molar-refractivity contribution in [3.05, 3.63) is 23.0 Å². The number of rotatable bonds is 1. The van der Waals surface area contributed by atoms with Gasteiger partial charge in [0.1, 0.15) is 5.82 Å². The zero-order valence-corrected chi connectivity index (χ0v) is 9.97. The minimum absolute atomic E-state index is 0.135. The molecule has 0 spiro atoms. The van der Waals surface area contributed by atoms with Crippen molar-refractivity contribution in [3.63, 3.8) is 0 Å². The maximum Gasteiger partial charge on any atom is 0.141 e. The van der Waals surface area contributed by atoms with Crippen molar-refractivity contribution in [3.8, 4) is 0 Å². The van der Waals surface area contributed by atoms with Gasteiger partial charge in [0.2, 0.25) is 0 Å². The van der Waals surface area contributed by atoms with Crippen LogP contribution in [-0.2, 0) is 9.12 Å². The highest BCUT2D eigenvalue weighted by Gasteiger charge is 2.15. The Morgan fingerprint density at radius 3 is 2.71 bits per heavy atom. The third-order valence-corrected chi connectivity index (χ3v) is 5.17. The molecular weight excluding hydrogens is 264 g/mol. The zero-order chi connectivity index (χ0) is 10.1. The third-order valence-electron chi connectivity index (χ3n) is 1.99. The molecule has 2 N–H and O–H groups in total. The Balaban J connectivity index is 2.39. The lowest BCUT2D eigenvalue weighted by atomic mass is 10.2. The van der Waals surface area contributed by atoms with E-state index < -0.39 is 0 Å². The zero-order valence-electron chi connectivity index (χ0n) is 7.57. The fourth-order valence-corrected chi connectivity index (χ4v) is 2.89. The van der Waals surface area contributed by atoms with Crippen molar-refractivity contribution >= 4 is 35.3 Å². The van der Waals surface area contributed by atoms with Crippen molar-refractivity contribution in [2.75, 3.05) is 12.3 Å². The van der Waals surface area contributed by atoms with E-state index in [9.17, 15) is 0 Å². The van der Waals surface area contributed by atoms with Crippen LogP contribution in [0.5, 0.6) is 0 Å². The van der Waals surface area contributed by atoms with Gasteiger partial charge in [-0.2, -0.15) is 0 Å². The van der Waals surface area contributed by atoms with Gasteiger partial charge in [-0.05, 0) is 16.0 Å². The summed E-state index contributed by atoms with van der Waals surface area (Å²) in [4.78, 5) is 9.46. The molecule has 0 amide bonds. The smallest absolute Gasteiger partial charge is 0.141 e. The molecular formula is C8H9BrN4S. The number of anilines is 1. The molecule has 0 saturated carbocycles. The highest BCUT2D eigenvalue weighted by atomic mass is 79.9. The van der Waals surface area contributed by atoms with Crippen LogP contribution in [0, 0.1) is 0 Å². The molecule has 1 aliphatic heterocycles. The molecule has 74 valence electrons. The standard InChI is InChI=1S/C8H9BrN4S/c1-5-6(2-13-14(5)9)7-3-12-8(10)4-11-7/h3-4H,2H2,1H3,(H2,10,12). The molecule has 0 aliphatic carbocycles. The molecule has 0 fully saturated rings. The summed E-state index contributed by atoms with van der Waals surface area (Å²) >= 11 is 3.49. The normalized spacial score (nSPS) is 21.1. The van der Waals surface area contributed by atoms with Gasteiger partial charge in [-0.15, -0.1) is 0 Å². The van der Waals surface area contributed by atoms with E-state index in [0.717, 1.165) is 11.3 Å². The predicted molar refractivity (Wildman–Crippen MR) is 62.6 cm³/mol. The van der Waals surface area contributed by atoms with Gasteiger partial charge in [-0.3, -0.25) is 4.98 Å². The quantitative estimate of drug-likeness (QED) is 0.850. The number of aromatic nitrogens is 2. The van der Waals surface area contributed by atoms with E-state index in [1.165, 1.54) is 4.91 Å². The Labute approximate surface area is 91.9 Å². The number of hydrogen-bond acceptors (Lipinski definition) is 4.